The van der Waals surface area contributed by atoms with Crippen molar-refractivity contribution in [2.24, 2.45) is 0 Å². The van der Waals surface area contributed by atoms with Gasteiger partial charge in [-0.15, -0.1) is 10.2 Å². The maximum absolute atomic E-state index is 13.6. The van der Waals surface area contributed by atoms with Gasteiger partial charge >= 0.3 is 0 Å². The van der Waals surface area contributed by atoms with Gasteiger partial charge in [0.05, 0.1) is 4.90 Å². The van der Waals surface area contributed by atoms with E-state index in [0.717, 1.165) is 50.5 Å². The first kappa shape index (κ1) is 27.4. The molecule has 3 aromatic carbocycles. The van der Waals surface area contributed by atoms with Crippen LogP contribution in [-0.2, 0) is 22.8 Å². The molecular formula is C30H34ClN5O2S. The van der Waals surface area contributed by atoms with E-state index in [4.69, 9.17) is 11.6 Å². The number of aromatic nitrogens is 3. The van der Waals surface area contributed by atoms with Crippen molar-refractivity contribution in [2.75, 3.05) is 37.6 Å². The number of nitrogens with zero attached hydrogens (tertiary/aromatic N) is 5. The number of anilines is 1. The monoisotopic (exact) mass is 563 g/mol. The summed E-state index contributed by atoms with van der Waals surface area (Å²) in [5.74, 6) is 0.789. The lowest BCUT2D eigenvalue weighted by Crippen LogP contribution is -2.47. The van der Waals surface area contributed by atoms with E-state index in [0.29, 0.717) is 18.0 Å². The highest BCUT2D eigenvalue weighted by Gasteiger charge is 2.30. The normalized spacial score (nSPS) is 15.4. The molecule has 1 unspecified atom stereocenters. The third-order valence-electron chi connectivity index (χ3n) is 7.41. The van der Waals surface area contributed by atoms with E-state index in [1.54, 1.807) is 30.3 Å². The van der Waals surface area contributed by atoms with E-state index < -0.39 is 9.84 Å². The van der Waals surface area contributed by atoms with Crippen LogP contribution in [0.25, 0.3) is 0 Å². The molecule has 7 nitrogen and oxygen atoms in total. The van der Waals surface area contributed by atoms with Crippen LogP contribution in [0.15, 0.2) is 95.0 Å². The zero-order valence-electron chi connectivity index (χ0n) is 22.2. The fourth-order valence-electron chi connectivity index (χ4n) is 5.14. The second-order valence-corrected chi connectivity index (χ2v) is 12.2. The third-order valence-corrected chi connectivity index (χ3v) is 9.33. The summed E-state index contributed by atoms with van der Waals surface area (Å²) in [5.41, 5.74) is 2.33. The summed E-state index contributed by atoms with van der Waals surface area (Å²) >= 11 is 6.07. The molecule has 1 aromatic heterocycles. The maximum atomic E-state index is 13.6. The van der Waals surface area contributed by atoms with Gasteiger partial charge in [-0.1, -0.05) is 67.1 Å². The van der Waals surface area contributed by atoms with Gasteiger partial charge in [0.15, 0.2) is 0 Å². The van der Waals surface area contributed by atoms with Gasteiger partial charge in [-0.3, -0.25) is 4.90 Å². The number of benzene rings is 3. The molecule has 1 aliphatic heterocycles. The molecule has 204 valence electrons. The van der Waals surface area contributed by atoms with E-state index in [2.05, 4.69) is 51.2 Å². The molecule has 9 heteroatoms. The first-order valence-electron chi connectivity index (χ1n) is 13.5. The Labute approximate surface area is 236 Å². The molecule has 2 heterocycles. The van der Waals surface area contributed by atoms with Crippen molar-refractivity contribution < 1.29 is 8.42 Å². The number of halogens is 1. The number of hydrogen-bond acceptors (Lipinski definition) is 6. The van der Waals surface area contributed by atoms with Crippen LogP contribution < -0.4 is 4.90 Å². The Kier molecular flexibility index (Phi) is 8.65. The van der Waals surface area contributed by atoms with Gasteiger partial charge in [0.25, 0.3) is 5.16 Å². The lowest BCUT2D eigenvalue weighted by atomic mass is 10.0. The van der Waals surface area contributed by atoms with E-state index in [-0.39, 0.29) is 16.0 Å². The van der Waals surface area contributed by atoms with Gasteiger partial charge in [-0.2, -0.15) is 0 Å². The Morgan fingerprint density at radius 2 is 1.49 bits per heavy atom. The minimum Gasteiger partial charge on any atom is -0.369 e. The van der Waals surface area contributed by atoms with Crippen molar-refractivity contribution >= 4 is 27.1 Å². The Hall–Kier alpha value is -3.20. The molecule has 5 rings (SSSR count). The van der Waals surface area contributed by atoms with Crippen LogP contribution in [-0.4, -0.2) is 60.8 Å². The van der Waals surface area contributed by atoms with Crippen molar-refractivity contribution in [1.29, 1.82) is 0 Å². The fourth-order valence-corrected chi connectivity index (χ4v) is 6.62. The Bertz CT molecular complexity index is 1450. The van der Waals surface area contributed by atoms with Crippen molar-refractivity contribution in [2.45, 2.75) is 42.3 Å². The van der Waals surface area contributed by atoms with Crippen molar-refractivity contribution in [3.63, 3.8) is 0 Å². The molecule has 0 saturated carbocycles. The van der Waals surface area contributed by atoms with Crippen LogP contribution in [0.3, 0.4) is 0 Å². The lowest BCUT2D eigenvalue weighted by Gasteiger charge is -2.37. The second-order valence-electron chi connectivity index (χ2n) is 9.91. The molecule has 1 fully saturated rings. The topological polar surface area (TPSA) is 71.3 Å². The first-order valence-corrected chi connectivity index (χ1v) is 15.3. The molecule has 1 aliphatic rings. The molecule has 0 aliphatic carbocycles. The van der Waals surface area contributed by atoms with Crippen LogP contribution in [0.4, 0.5) is 5.69 Å². The molecule has 0 amide bonds. The Morgan fingerprint density at radius 3 is 2.13 bits per heavy atom. The highest BCUT2D eigenvalue weighted by Crippen LogP contribution is 2.27. The van der Waals surface area contributed by atoms with Crippen LogP contribution >= 0.6 is 11.6 Å². The molecule has 39 heavy (non-hydrogen) atoms. The summed E-state index contributed by atoms with van der Waals surface area (Å²) in [6, 6.07) is 26.6. The number of hydrogen-bond donors (Lipinski definition) is 0. The zero-order chi connectivity index (χ0) is 27.2. The first-order chi connectivity index (χ1) is 19.0. The third kappa shape index (κ3) is 6.35. The standard InChI is InChI=1S/C30H34ClN5O2S/c1-2-25(23-34-19-21-35(22-20-34)27-9-5-3-6-10-27)29-32-33-30(39(37,38)28-11-7-4-8-12-28)36(29)18-17-24-13-15-26(31)16-14-24/h3-16,25H,2,17-23H2,1H3. The van der Waals surface area contributed by atoms with Crippen LogP contribution in [0.1, 0.15) is 30.7 Å². The van der Waals surface area contributed by atoms with Crippen molar-refractivity contribution in [3.05, 3.63) is 101 Å². The molecule has 0 spiro atoms. The SMILES string of the molecule is CCC(CN1CCN(c2ccccc2)CC1)c1nnc(S(=O)(=O)c2ccccc2)n1CCc1ccc(Cl)cc1. The van der Waals surface area contributed by atoms with Crippen LogP contribution in [0, 0.1) is 0 Å². The number of piperazine rings is 1. The summed E-state index contributed by atoms with van der Waals surface area (Å²) in [7, 11) is -3.82. The summed E-state index contributed by atoms with van der Waals surface area (Å²) in [4.78, 5) is 5.09. The van der Waals surface area contributed by atoms with Gasteiger partial charge in [-0.25, -0.2) is 8.42 Å². The molecule has 4 aromatic rings. The molecule has 1 atom stereocenters. The van der Waals surface area contributed by atoms with Gasteiger partial charge in [0, 0.05) is 55.9 Å². The second kappa shape index (κ2) is 12.3. The highest BCUT2D eigenvalue weighted by molar-refractivity contribution is 7.91. The number of rotatable bonds is 10. The predicted molar refractivity (Wildman–Crippen MR) is 155 cm³/mol. The predicted octanol–water partition coefficient (Wildman–Crippen LogP) is 5.32. The van der Waals surface area contributed by atoms with Gasteiger partial charge < -0.3 is 9.47 Å². The molecular weight excluding hydrogens is 530 g/mol. The zero-order valence-corrected chi connectivity index (χ0v) is 23.7. The van der Waals surface area contributed by atoms with Gasteiger partial charge in [0.2, 0.25) is 9.84 Å². The Balaban J connectivity index is 1.38. The lowest BCUT2D eigenvalue weighted by molar-refractivity contribution is 0.235. The number of sulfone groups is 1. The summed E-state index contributed by atoms with van der Waals surface area (Å²) in [5, 5.41) is 9.47. The minimum absolute atomic E-state index is 0.00464. The van der Waals surface area contributed by atoms with Crippen molar-refractivity contribution in [3.8, 4) is 0 Å². The minimum atomic E-state index is -3.82. The number of aryl methyl sites for hydroxylation is 1. The Morgan fingerprint density at radius 1 is 0.846 bits per heavy atom. The largest absolute Gasteiger partial charge is 0.369 e. The smallest absolute Gasteiger partial charge is 0.254 e. The fraction of sp³-hybridized carbons (Fsp3) is 0.333. The summed E-state index contributed by atoms with van der Waals surface area (Å²) < 4.78 is 29.1. The van der Waals surface area contributed by atoms with Crippen molar-refractivity contribution in [1.82, 2.24) is 19.7 Å². The van der Waals surface area contributed by atoms with E-state index in [9.17, 15) is 8.42 Å². The van der Waals surface area contributed by atoms with Gasteiger partial charge in [0.1, 0.15) is 5.82 Å². The molecule has 0 N–H and O–H groups in total. The maximum Gasteiger partial charge on any atom is 0.254 e. The van der Waals surface area contributed by atoms with E-state index in [1.807, 2.05) is 34.9 Å². The van der Waals surface area contributed by atoms with E-state index in [1.165, 1.54) is 5.69 Å². The molecule has 0 bridgehead atoms. The van der Waals surface area contributed by atoms with Crippen LogP contribution in [0.5, 0.6) is 0 Å². The highest BCUT2D eigenvalue weighted by atomic mass is 35.5. The molecule has 0 radical (unpaired) electrons. The average molecular weight is 564 g/mol. The average Bonchev–Trinajstić information content (AvgIpc) is 3.41. The summed E-state index contributed by atoms with van der Waals surface area (Å²) in [6.07, 6.45) is 1.48. The van der Waals surface area contributed by atoms with Gasteiger partial charge in [-0.05, 0) is 54.8 Å². The van der Waals surface area contributed by atoms with Crippen LogP contribution in [0.2, 0.25) is 5.02 Å². The molecule has 1 saturated heterocycles. The quantitative estimate of drug-likeness (QED) is 0.260. The number of para-hydroxylation sites is 1. The van der Waals surface area contributed by atoms with E-state index >= 15 is 0 Å². The summed E-state index contributed by atoms with van der Waals surface area (Å²) in [6.45, 7) is 7.20.